The smallest absolute Gasteiger partial charge is 0.337 e. The van der Waals surface area contributed by atoms with Gasteiger partial charge < -0.3 is 20.4 Å². The van der Waals surface area contributed by atoms with Crippen molar-refractivity contribution in [2.24, 2.45) is 0 Å². The van der Waals surface area contributed by atoms with Crippen LogP contribution in [-0.2, 0) is 0 Å². The number of anilines is 1. The van der Waals surface area contributed by atoms with Gasteiger partial charge in [-0.25, -0.2) is 9.59 Å². The number of carboxylic acids is 1. The molecule has 0 fully saturated rings. The molecule has 0 saturated heterocycles. The molecule has 2 amide bonds. The average Bonchev–Trinajstić information content (AvgIpc) is 2.40. The molecule has 0 aromatic heterocycles. The highest BCUT2D eigenvalue weighted by Gasteiger charge is 2.16. The Morgan fingerprint density at radius 1 is 1.45 bits per heavy atom. The molecule has 0 aliphatic carbocycles. The van der Waals surface area contributed by atoms with E-state index in [0.717, 1.165) is 12.5 Å². The van der Waals surface area contributed by atoms with Crippen LogP contribution in [0.4, 0.5) is 10.5 Å². The molecule has 6 heteroatoms. The molecule has 20 heavy (non-hydrogen) atoms. The van der Waals surface area contributed by atoms with E-state index in [1.807, 2.05) is 6.92 Å². The van der Waals surface area contributed by atoms with Crippen LogP contribution in [0, 0.1) is 0 Å². The standard InChI is InChI=1S/C14H18N2O4/c1-3-7-16(8-4-2)14(20)15-12-6-5-10(17)9-11(12)13(18)19/h3,5-6,9,17H,1,4,7-8H2,2H3,(H,15,20)(H,18,19). The van der Waals surface area contributed by atoms with Crippen LogP contribution in [0.1, 0.15) is 23.7 Å². The summed E-state index contributed by atoms with van der Waals surface area (Å²) in [5.41, 5.74) is -0.0149. The van der Waals surface area contributed by atoms with Crippen molar-refractivity contribution in [3.63, 3.8) is 0 Å². The van der Waals surface area contributed by atoms with Gasteiger partial charge in [0.1, 0.15) is 5.75 Å². The van der Waals surface area contributed by atoms with Gasteiger partial charge >= 0.3 is 12.0 Å². The molecule has 1 aromatic rings. The number of nitrogens with zero attached hydrogens (tertiary/aromatic N) is 1. The molecule has 0 radical (unpaired) electrons. The number of phenolic OH excluding ortho intramolecular Hbond substituents is 1. The highest BCUT2D eigenvalue weighted by molar-refractivity contribution is 6.00. The summed E-state index contributed by atoms with van der Waals surface area (Å²) in [7, 11) is 0. The number of amides is 2. The molecule has 3 N–H and O–H groups in total. The van der Waals surface area contributed by atoms with E-state index >= 15 is 0 Å². The van der Waals surface area contributed by atoms with Crippen LogP contribution in [0.25, 0.3) is 0 Å². The second-order valence-corrected chi connectivity index (χ2v) is 4.20. The summed E-state index contributed by atoms with van der Waals surface area (Å²) in [6, 6.07) is 3.37. The predicted molar refractivity (Wildman–Crippen MR) is 76.1 cm³/mol. The number of carbonyl (C=O) groups is 2. The van der Waals surface area contributed by atoms with E-state index in [2.05, 4.69) is 11.9 Å². The van der Waals surface area contributed by atoms with Crippen LogP contribution < -0.4 is 5.32 Å². The number of nitrogens with one attached hydrogen (secondary N) is 1. The quantitative estimate of drug-likeness (QED) is 0.551. The van der Waals surface area contributed by atoms with Crippen molar-refractivity contribution in [2.75, 3.05) is 18.4 Å². The molecule has 0 heterocycles. The van der Waals surface area contributed by atoms with E-state index in [1.165, 1.54) is 17.0 Å². The van der Waals surface area contributed by atoms with Crippen LogP contribution in [0.5, 0.6) is 5.75 Å². The molecule has 0 bridgehead atoms. The van der Waals surface area contributed by atoms with Crippen LogP contribution >= 0.6 is 0 Å². The minimum absolute atomic E-state index is 0.144. The first-order valence-electron chi connectivity index (χ1n) is 6.22. The first-order valence-corrected chi connectivity index (χ1v) is 6.22. The lowest BCUT2D eigenvalue weighted by atomic mass is 10.1. The zero-order chi connectivity index (χ0) is 15.1. The summed E-state index contributed by atoms with van der Waals surface area (Å²) < 4.78 is 0. The SMILES string of the molecule is C=CCN(CCC)C(=O)Nc1ccc(O)cc1C(=O)O. The first kappa shape index (κ1) is 15.6. The van der Waals surface area contributed by atoms with Crippen molar-refractivity contribution in [3.05, 3.63) is 36.4 Å². The van der Waals surface area contributed by atoms with E-state index in [1.54, 1.807) is 6.08 Å². The van der Waals surface area contributed by atoms with Crippen LogP contribution in [0.3, 0.4) is 0 Å². The Balaban J connectivity index is 2.94. The fraction of sp³-hybridized carbons (Fsp3) is 0.286. The minimum atomic E-state index is -1.22. The Hall–Kier alpha value is -2.50. The van der Waals surface area contributed by atoms with Gasteiger partial charge in [0.2, 0.25) is 0 Å². The Bertz CT molecular complexity index is 514. The second kappa shape index (κ2) is 7.18. The zero-order valence-electron chi connectivity index (χ0n) is 11.3. The molecule has 1 aromatic carbocycles. The lowest BCUT2D eigenvalue weighted by molar-refractivity contribution is 0.0697. The molecule has 1 rings (SSSR count). The summed E-state index contributed by atoms with van der Waals surface area (Å²) in [5.74, 6) is -1.39. The van der Waals surface area contributed by atoms with E-state index < -0.39 is 12.0 Å². The highest BCUT2D eigenvalue weighted by Crippen LogP contribution is 2.21. The topological polar surface area (TPSA) is 89.9 Å². The van der Waals surface area contributed by atoms with Gasteiger partial charge in [0.05, 0.1) is 11.3 Å². The molecular weight excluding hydrogens is 260 g/mol. The number of aromatic hydroxyl groups is 1. The third-order valence-electron chi connectivity index (χ3n) is 2.61. The third-order valence-corrected chi connectivity index (χ3v) is 2.61. The molecular formula is C14H18N2O4. The first-order chi connectivity index (χ1) is 9.49. The number of rotatable bonds is 6. The van der Waals surface area contributed by atoms with Gasteiger partial charge in [0, 0.05) is 13.1 Å². The van der Waals surface area contributed by atoms with Crippen LogP contribution in [-0.4, -0.2) is 40.2 Å². The molecule has 0 aliphatic rings. The van der Waals surface area contributed by atoms with Crippen molar-refractivity contribution in [2.45, 2.75) is 13.3 Å². The number of aromatic carboxylic acids is 1. The summed E-state index contributed by atoms with van der Waals surface area (Å²) in [5, 5.41) is 20.9. The maximum absolute atomic E-state index is 12.1. The zero-order valence-corrected chi connectivity index (χ0v) is 11.3. The van der Waals surface area contributed by atoms with Gasteiger partial charge in [-0.1, -0.05) is 13.0 Å². The van der Waals surface area contributed by atoms with Crippen molar-refractivity contribution in [1.29, 1.82) is 0 Å². The number of hydrogen-bond donors (Lipinski definition) is 3. The predicted octanol–water partition coefficient (Wildman–Crippen LogP) is 2.52. The number of phenols is 1. The fourth-order valence-corrected chi connectivity index (χ4v) is 1.71. The number of hydrogen-bond acceptors (Lipinski definition) is 3. The van der Waals surface area contributed by atoms with Gasteiger partial charge in [-0.15, -0.1) is 6.58 Å². The second-order valence-electron chi connectivity index (χ2n) is 4.20. The Labute approximate surface area is 117 Å². The molecule has 0 unspecified atom stereocenters. The number of carbonyl (C=O) groups excluding carboxylic acids is 1. The molecule has 0 saturated carbocycles. The van der Waals surface area contributed by atoms with Crippen LogP contribution in [0.2, 0.25) is 0 Å². The Kier molecular flexibility index (Phi) is 5.58. The normalized spacial score (nSPS) is 9.85. The van der Waals surface area contributed by atoms with Gasteiger partial charge in [-0.3, -0.25) is 0 Å². The van der Waals surface area contributed by atoms with Crippen molar-refractivity contribution >= 4 is 17.7 Å². The van der Waals surface area contributed by atoms with Crippen molar-refractivity contribution in [1.82, 2.24) is 4.90 Å². The maximum Gasteiger partial charge on any atom is 0.337 e. The summed E-state index contributed by atoms with van der Waals surface area (Å²) in [6.45, 7) is 6.43. The summed E-state index contributed by atoms with van der Waals surface area (Å²) in [4.78, 5) is 24.7. The molecule has 0 aliphatic heterocycles. The third kappa shape index (κ3) is 4.01. The number of urea groups is 1. The van der Waals surface area contributed by atoms with Gasteiger partial charge in [-0.05, 0) is 24.6 Å². The van der Waals surface area contributed by atoms with E-state index in [9.17, 15) is 14.7 Å². The number of carboxylic acid groups (broad SMARTS) is 1. The lowest BCUT2D eigenvalue weighted by Crippen LogP contribution is -2.36. The number of benzene rings is 1. The highest BCUT2D eigenvalue weighted by atomic mass is 16.4. The largest absolute Gasteiger partial charge is 0.508 e. The van der Waals surface area contributed by atoms with Crippen LogP contribution in [0.15, 0.2) is 30.9 Å². The average molecular weight is 278 g/mol. The van der Waals surface area contributed by atoms with E-state index in [0.29, 0.717) is 13.1 Å². The Morgan fingerprint density at radius 2 is 2.15 bits per heavy atom. The fourth-order valence-electron chi connectivity index (χ4n) is 1.71. The van der Waals surface area contributed by atoms with Gasteiger partial charge in [-0.2, -0.15) is 0 Å². The lowest BCUT2D eigenvalue weighted by Gasteiger charge is -2.21. The van der Waals surface area contributed by atoms with Crippen molar-refractivity contribution < 1.29 is 19.8 Å². The van der Waals surface area contributed by atoms with Gasteiger partial charge in [0.15, 0.2) is 0 Å². The summed E-state index contributed by atoms with van der Waals surface area (Å²) >= 11 is 0. The Morgan fingerprint density at radius 3 is 2.70 bits per heavy atom. The molecule has 108 valence electrons. The van der Waals surface area contributed by atoms with Gasteiger partial charge in [0.25, 0.3) is 0 Å². The monoisotopic (exact) mass is 278 g/mol. The molecule has 6 nitrogen and oxygen atoms in total. The minimum Gasteiger partial charge on any atom is -0.508 e. The molecule has 0 atom stereocenters. The van der Waals surface area contributed by atoms with Crippen molar-refractivity contribution in [3.8, 4) is 5.75 Å². The van der Waals surface area contributed by atoms with E-state index in [4.69, 9.17) is 5.11 Å². The molecule has 0 spiro atoms. The van der Waals surface area contributed by atoms with E-state index in [-0.39, 0.29) is 17.0 Å². The maximum atomic E-state index is 12.1. The summed E-state index contributed by atoms with van der Waals surface area (Å²) in [6.07, 6.45) is 2.38.